The van der Waals surface area contributed by atoms with Crippen molar-refractivity contribution in [3.8, 4) is 0 Å². The van der Waals surface area contributed by atoms with Gasteiger partial charge in [0.15, 0.2) is 0 Å². The van der Waals surface area contributed by atoms with Crippen molar-refractivity contribution in [1.29, 1.82) is 0 Å². The molecule has 0 bridgehead atoms. The van der Waals surface area contributed by atoms with Gasteiger partial charge in [-0.15, -0.1) is 0 Å². The van der Waals surface area contributed by atoms with E-state index in [1.54, 1.807) is 6.07 Å². The average Bonchev–Trinajstić information content (AvgIpc) is 2.51. The second-order valence-corrected chi connectivity index (χ2v) is 6.41. The smallest absolute Gasteiger partial charge is 0.423 e. The molecule has 2 N–H and O–H groups in total. The second kappa shape index (κ2) is 6.08. The molecule has 0 aromatic heterocycles. The summed E-state index contributed by atoms with van der Waals surface area (Å²) in [4.78, 5) is 2.47. The van der Waals surface area contributed by atoms with Crippen molar-refractivity contribution in [3.05, 3.63) is 29.8 Å². The van der Waals surface area contributed by atoms with Gasteiger partial charge in [0.1, 0.15) is 0 Å². The molecule has 1 aliphatic heterocycles. The van der Waals surface area contributed by atoms with E-state index in [1.807, 2.05) is 12.1 Å². The molecule has 1 fully saturated rings. The third-order valence-corrected chi connectivity index (χ3v) is 4.09. The van der Waals surface area contributed by atoms with Gasteiger partial charge in [0.2, 0.25) is 0 Å². The third-order valence-electron chi connectivity index (χ3n) is 4.09. The number of rotatable bonds is 3. The predicted octanol–water partition coefficient (Wildman–Crippen LogP) is 1.38. The number of benzene rings is 1. The minimum atomic E-state index is -1.37. The summed E-state index contributed by atoms with van der Waals surface area (Å²) < 4.78 is 0. The lowest BCUT2D eigenvalue weighted by atomic mass is 9.79. The summed E-state index contributed by atoms with van der Waals surface area (Å²) in [7, 11) is -1.37. The first-order valence-corrected chi connectivity index (χ1v) is 7.14. The highest BCUT2D eigenvalue weighted by Crippen LogP contribution is 2.30. The minimum Gasteiger partial charge on any atom is -0.423 e. The van der Waals surface area contributed by atoms with Gasteiger partial charge >= 0.3 is 7.12 Å². The lowest BCUT2D eigenvalue weighted by Crippen LogP contribution is -2.31. The van der Waals surface area contributed by atoms with E-state index in [4.69, 9.17) is 0 Å². The van der Waals surface area contributed by atoms with Crippen LogP contribution in [0.3, 0.4) is 0 Å². The Morgan fingerprint density at radius 3 is 2.74 bits per heavy atom. The van der Waals surface area contributed by atoms with Crippen molar-refractivity contribution < 1.29 is 10.0 Å². The van der Waals surface area contributed by atoms with Crippen LogP contribution in [0.2, 0.25) is 0 Å². The zero-order chi connectivity index (χ0) is 13.9. The summed E-state index contributed by atoms with van der Waals surface area (Å²) in [5.74, 6) is 0. The van der Waals surface area contributed by atoms with Crippen LogP contribution >= 0.6 is 0 Å². The van der Waals surface area contributed by atoms with Gasteiger partial charge in [-0.1, -0.05) is 38.1 Å². The molecule has 1 aromatic rings. The topological polar surface area (TPSA) is 43.7 Å². The van der Waals surface area contributed by atoms with Gasteiger partial charge in [0, 0.05) is 6.54 Å². The molecule has 0 atom stereocenters. The van der Waals surface area contributed by atoms with Crippen molar-refractivity contribution >= 4 is 12.6 Å². The van der Waals surface area contributed by atoms with Gasteiger partial charge in [-0.25, -0.2) is 0 Å². The monoisotopic (exact) mass is 261 g/mol. The minimum absolute atomic E-state index is 0.456. The molecule has 104 valence electrons. The van der Waals surface area contributed by atoms with E-state index in [2.05, 4.69) is 24.8 Å². The Morgan fingerprint density at radius 1 is 1.21 bits per heavy atom. The molecule has 0 spiro atoms. The van der Waals surface area contributed by atoms with Crippen LogP contribution in [0, 0.1) is 5.41 Å². The fourth-order valence-electron chi connectivity index (χ4n) is 2.75. The fraction of sp³-hybridized carbons (Fsp3) is 0.600. The first-order valence-electron chi connectivity index (χ1n) is 7.14. The third kappa shape index (κ3) is 4.34. The molecule has 0 radical (unpaired) electrons. The van der Waals surface area contributed by atoms with E-state index >= 15 is 0 Å². The van der Waals surface area contributed by atoms with Crippen molar-refractivity contribution in [2.45, 2.75) is 39.7 Å². The van der Waals surface area contributed by atoms with Crippen LogP contribution in [0.1, 0.15) is 38.7 Å². The Bertz CT molecular complexity index is 420. The zero-order valence-corrected chi connectivity index (χ0v) is 12.0. The highest BCUT2D eigenvalue weighted by molar-refractivity contribution is 6.58. The number of hydrogen-bond donors (Lipinski definition) is 2. The van der Waals surface area contributed by atoms with E-state index < -0.39 is 7.12 Å². The molecule has 2 rings (SSSR count). The second-order valence-electron chi connectivity index (χ2n) is 6.41. The summed E-state index contributed by atoms with van der Waals surface area (Å²) in [5, 5.41) is 18.4. The predicted molar refractivity (Wildman–Crippen MR) is 79.2 cm³/mol. The van der Waals surface area contributed by atoms with Crippen LogP contribution < -0.4 is 5.46 Å². The van der Waals surface area contributed by atoms with Crippen LogP contribution in [0.5, 0.6) is 0 Å². The molecule has 3 nitrogen and oxygen atoms in total. The fourth-order valence-corrected chi connectivity index (χ4v) is 2.75. The van der Waals surface area contributed by atoms with Crippen molar-refractivity contribution in [2.24, 2.45) is 5.41 Å². The molecular weight excluding hydrogens is 237 g/mol. The quantitative estimate of drug-likeness (QED) is 0.808. The maximum absolute atomic E-state index is 9.21. The van der Waals surface area contributed by atoms with E-state index in [9.17, 15) is 10.0 Å². The Kier molecular flexibility index (Phi) is 4.66. The van der Waals surface area contributed by atoms with Gasteiger partial charge in [-0.05, 0) is 48.8 Å². The summed E-state index contributed by atoms with van der Waals surface area (Å²) in [5.41, 5.74) is 2.19. The maximum Gasteiger partial charge on any atom is 0.488 e. The van der Waals surface area contributed by atoms with Gasteiger partial charge in [-0.3, -0.25) is 4.90 Å². The molecule has 1 heterocycles. The Hall–Kier alpha value is -0.835. The van der Waals surface area contributed by atoms with Gasteiger partial charge in [0.05, 0.1) is 0 Å². The molecule has 0 saturated carbocycles. The van der Waals surface area contributed by atoms with Crippen LogP contribution in [0.25, 0.3) is 0 Å². The van der Waals surface area contributed by atoms with Crippen molar-refractivity contribution in [3.63, 3.8) is 0 Å². The summed E-state index contributed by atoms with van der Waals surface area (Å²) >= 11 is 0. The van der Waals surface area contributed by atoms with E-state index in [0.29, 0.717) is 10.9 Å². The first-order chi connectivity index (χ1) is 8.96. The number of likely N-dealkylation sites (tertiary alicyclic amines) is 1. The highest BCUT2D eigenvalue weighted by atomic mass is 16.4. The van der Waals surface area contributed by atoms with Crippen LogP contribution in [-0.2, 0) is 6.54 Å². The number of nitrogens with zero attached hydrogens (tertiary/aromatic N) is 1. The zero-order valence-electron chi connectivity index (χ0n) is 12.0. The molecule has 0 unspecified atom stereocenters. The van der Waals surface area contributed by atoms with Crippen molar-refractivity contribution in [1.82, 2.24) is 4.90 Å². The average molecular weight is 261 g/mol. The molecule has 19 heavy (non-hydrogen) atoms. The summed E-state index contributed by atoms with van der Waals surface area (Å²) in [6.07, 6.45) is 3.77. The molecule has 1 aliphatic rings. The first kappa shape index (κ1) is 14.6. The van der Waals surface area contributed by atoms with E-state index in [1.165, 1.54) is 19.3 Å². The van der Waals surface area contributed by atoms with E-state index in [-0.39, 0.29) is 0 Å². The van der Waals surface area contributed by atoms with E-state index in [0.717, 1.165) is 25.2 Å². The Balaban J connectivity index is 1.99. The normalized spacial score (nSPS) is 20.0. The summed E-state index contributed by atoms with van der Waals surface area (Å²) in [6, 6.07) is 7.59. The SMILES string of the molecule is CC1(C)CCCN(Cc2cccc(B(O)O)c2)CC1. The number of hydrogen-bond acceptors (Lipinski definition) is 3. The maximum atomic E-state index is 9.21. The molecule has 0 aliphatic carbocycles. The Morgan fingerprint density at radius 2 is 2.00 bits per heavy atom. The van der Waals surface area contributed by atoms with Crippen LogP contribution in [0.4, 0.5) is 0 Å². The standard InChI is InChI=1S/C15H24BNO2/c1-15(2)7-4-9-17(10-8-15)12-13-5-3-6-14(11-13)16(18)19/h3,5-6,11,18-19H,4,7-10,12H2,1-2H3. The lowest BCUT2D eigenvalue weighted by Gasteiger charge is -2.23. The molecule has 0 amide bonds. The van der Waals surface area contributed by atoms with Gasteiger partial charge in [-0.2, -0.15) is 0 Å². The summed E-state index contributed by atoms with van der Waals surface area (Å²) in [6.45, 7) is 7.85. The Labute approximate surface area is 116 Å². The van der Waals surface area contributed by atoms with Crippen LogP contribution in [-0.4, -0.2) is 35.2 Å². The molecule has 1 aromatic carbocycles. The molecule has 1 saturated heterocycles. The molecular formula is C15H24BNO2. The molecule has 4 heteroatoms. The van der Waals surface area contributed by atoms with Gasteiger partial charge < -0.3 is 10.0 Å². The lowest BCUT2D eigenvalue weighted by molar-refractivity contribution is 0.256. The van der Waals surface area contributed by atoms with Crippen LogP contribution in [0.15, 0.2) is 24.3 Å². The van der Waals surface area contributed by atoms with Crippen molar-refractivity contribution in [2.75, 3.05) is 13.1 Å². The highest BCUT2D eigenvalue weighted by Gasteiger charge is 2.23. The largest absolute Gasteiger partial charge is 0.488 e. The van der Waals surface area contributed by atoms with Gasteiger partial charge in [0.25, 0.3) is 0 Å².